The van der Waals surface area contributed by atoms with Crippen LogP contribution in [0.1, 0.15) is 24.0 Å². The minimum atomic E-state index is -4.64. The van der Waals surface area contributed by atoms with Gasteiger partial charge in [0.25, 0.3) is 0 Å². The third-order valence-corrected chi connectivity index (χ3v) is 4.68. The lowest BCUT2D eigenvalue weighted by atomic mass is 10.0. The molecule has 0 saturated heterocycles. The van der Waals surface area contributed by atoms with E-state index in [4.69, 9.17) is 11.6 Å². The van der Waals surface area contributed by atoms with E-state index in [0.717, 1.165) is 17.7 Å². The first-order valence-corrected chi connectivity index (χ1v) is 8.45. The minimum Gasteiger partial charge on any atom is -0.351 e. The summed E-state index contributed by atoms with van der Waals surface area (Å²) in [6.45, 7) is 0.232. The van der Waals surface area contributed by atoms with Gasteiger partial charge in [0.1, 0.15) is 5.41 Å². The predicted octanol–water partition coefficient (Wildman–Crippen LogP) is 3.79. The monoisotopic (exact) mass is 397 g/mol. The van der Waals surface area contributed by atoms with E-state index in [9.17, 15) is 22.8 Å². The van der Waals surface area contributed by atoms with Crippen LogP contribution in [0.5, 0.6) is 0 Å². The summed E-state index contributed by atoms with van der Waals surface area (Å²) in [5, 5.41) is 4.62. The van der Waals surface area contributed by atoms with Gasteiger partial charge in [0.05, 0.1) is 10.6 Å². The number of rotatable bonds is 5. The maximum Gasteiger partial charge on any atom is 0.417 e. The first kappa shape index (κ1) is 19.2. The number of nitrogens with zero attached hydrogens (tertiary/aromatic N) is 1. The molecule has 5 nitrogen and oxygen atoms in total. The summed E-state index contributed by atoms with van der Waals surface area (Å²) in [5.41, 5.74) is -1.55. The average Bonchev–Trinajstić information content (AvgIpc) is 3.43. The zero-order valence-electron chi connectivity index (χ0n) is 13.9. The first-order chi connectivity index (χ1) is 12.7. The Balaban J connectivity index is 1.68. The molecule has 0 aliphatic heterocycles. The second kappa shape index (κ2) is 7.19. The normalized spacial score (nSPS) is 15.1. The van der Waals surface area contributed by atoms with Crippen molar-refractivity contribution in [3.05, 3.63) is 58.9 Å². The van der Waals surface area contributed by atoms with Crippen LogP contribution in [0.2, 0.25) is 5.02 Å². The van der Waals surface area contributed by atoms with Crippen molar-refractivity contribution in [1.82, 2.24) is 10.3 Å². The molecule has 1 saturated carbocycles. The second-order valence-electron chi connectivity index (χ2n) is 6.27. The Morgan fingerprint density at radius 2 is 1.78 bits per heavy atom. The van der Waals surface area contributed by atoms with Gasteiger partial charge in [0, 0.05) is 24.6 Å². The summed E-state index contributed by atoms with van der Waals surface area (Å²) in [6, 6.07) is 6.54. The highest BCUT2D eigenvalue weighted by molar-refractivity contribution is 6.31. The molecule has 1 aromatic heterocycles. The van der Waals surface area contributed by atoms with Gasteiger partial charge in [0.2, 0.25) is 11.8 Å². The third-order valence-electron chi connectivity index (χ3n) is 4.35. The fourth-order valence-electron chi connectivity index (χ4n) is 2.61. The molecule has 2 aromatic rings. The number of amides is 2. The molecule has 2 amide bonds. The molecule has 1 aromatic carbocycles. The lowest BCUT2D eigenvalue weighted by Crippen LogP contribution is -2.39. The molecule has 0 spiro atoms. The predicted molar refractivity (Wildman–Crippen MR) is 92.8 cm³/mol. The number of alkyl halides is 3. The quantitative estimate of drug-likeness (QED) is 0.754. The van der Waals surface area contributed by atoms with E-state index < -0.39 is 34.0 Å². The third kappa shape index (κ3) is 4.21. The Bertz CT molecular complexity index is 868. The van der Waals surface area contributed by atoms with Crippen LogP contribution in [0, 0.1) is 5.41 Å². The lowest BCUT2D eigenvalue weighted by Gasteiger charge is -2.17. The Morgan fingerprint density at radius 3 is 2.37 bits per heavy atom. The molecule has 27 heavy (non-hydrogen) atoms. The van der Waals surface area contributed by atoms with Crippen LogP contribution < -0.4 is 10.6 Å². The second-order valence-corrected chi connectivity index (χ2v) is 6.67. The van der Waals surface area contributed by atoms with Gasteiger partial charge < -0.3 is 10.6 Å². The van der Waals surface area contributed by atoms with Gasteiger partial charge in [-0.05, 0) is 48.7 Å². The SMILES string of the molecule is O=C(NCc1ccncc1)C1(C(=O)Nc2ccc(Cl)c(C(F)(F)F)c2)CC1. The maximum atomic E-state index is 12.9. The van der Waals surface area contributed by atoms with Gasteiger partial charge >= 0.3 is 6.18 Å². The molecule has 0 radical (unpaired) electrons. The molecule has 9 heteroatoms. The number of hydrogen-bond acceptors (Lipinski definition) is 3. The number of nitrogens with one attached hydrogen (secondary N) is 2. The fraction of sp³-hybridized carbons (Fsp3) is 0.278. The van der Waals surface area contributed by atoms with E-state index in [1.165, 1.54) is 6.07 Å². The smallest absolute Gasteiger partial charge is 0.351 e. The summed E-state index contributed by atoms with van der Waals surface area (Å²) in [6.07, 6.45) is -0.807. The fourth-order valence-corrected chi connectivity index (χ4v) is 2.83. The molecule has 0 atom stereocenters. The first-order valence-electron chi connectivity index (χ1n) is 8.08. The van der Waals surface area contributed by atoms with Gasteiger partial charge in [-0.3, -0.25) is 14.6 Å². The number of aromatic nitrogens is 1. The van der Waals surface area contributed by atoms with E-state index in [1.54, 1.807) is 24.5 Å². The highest BCUT2D eigenvalue weighted by Crippen LogP contribution is 2.47. The molecule has 1 heterocycles. The van der Waals surface area contributed by atoms with Gasteiger partial charge in [-0.1, -0.05) is 11.6 Å². The van der Waals surface area contributed by atoms with Gasteiger partial charge in [-0.15, -0.1) is 0 Å². The summed E-state index contributed by atoms with van der Waals surface area (Å²) in [7, 11) is 0. The molecule has 142 valence electrons. The number of carbonyl (C=O) groups is 2. The van der Waals surface area contributed by atoms with Crippen molar-refractivity contribution in [2.45, 2.75) is 25.6 Å². The molecule has 1 aliphatic carbocycles. The van der Waals surface area contributed by atoms with Crippen molar-refractivity contribution >= 4 is 29.1 Å². The summed E-state index contributed by atoms with van der Waals surface area (Å²) in [5.74, 6) is -1.09. The van der Waals surface area contributed by atoms with Crippen molar-refractivity contribution in [2.75, 3.05) is 5.32 Å². The Labute approximate surface area is 157 Å². The van der Waals surface area contributed by atoms with Crippen LogP contribution in [-0.2, 0) is 22.3 Å². The van der Waals surface area contributed by atoms with E-state index in [1.807, 2.05) is 0 Å². The number of carbonyl (C=O) groups excluding carboxylic acids is 2. The van der Waals surface area contributed by atoms with Crippen LogP contribution in [0.4, 0.5) is 18.9 Å². The van der Waals surface area contributed by atoms with E-state index >= 15 is 0 Å². The van der Waals surface area contributed by atoms with E-state index in [0.29, 0.717) is 12.8 Å². The number of benzene rings is 1. The topological polar surface area (TPSA) is 71.1 Å². The van der Waals surface area contributed by atoms with Crippen molar-refractivity contribution < 1.29 is 22.8 Å². The number of pyridine rings is 1. The molecule has 0 unspecified atom stereocenters. The largest absolute Gasteiger partial charge is 0.417 e. The van der Waals surface area contributed by atoms with Crippen LogP contribution in [0.3, 0.4) is 0 Å². The zero-order chi connectivity index (χ0) is 19.7. The summed E-state index contributed by atoms with van der Waals surface area (Å²) >= 11 is 5.57. The van der Waals surface area contributed by atoms with Crippen molar-refractivity contribution in [3.63, 3.8) is 0 Å². The summed E-state index contributed by atoms with van der Waals surface area (Å²) < 4.78 is 38.8. The van der Waals surface area contributed by atoms with Gasteiger partial charge in [-0.25, -0.2) is 0 Å². The Hall–Kier alpha value is -2.61. The van der Waals surface area contributed by atoms with Crippen LogP contribution in [0.15, 0.2) is 42.7 Å². The molecule has 2 N–H and O–H groups in total. The van der Waals surface area contributed by atoms with Crippen molar-refractivity contribution in [2.24, 2.45) is 5.41 Å². The number of hydrogen-bond donors (Lipinski definition) is 2. The summed E-state index contributed by atoms with van der Waals surface area (Å²) in [4.78, 5) is 28.8. The molecule has 3 rings (SSSR count). The maximum absolute atomic E-state index is 12.9. The zero-order valence-corrected chi connectivity index (χ0v) is 14.7. The highest BCUT2D eigenvalue weighted by Gasteiger charge is 2.56. The molecular weight excluding hydrogens is 383 g/mol. The van der Waals surface area contributed by atoms with Crippen molar-refractivity contribution in [1.29, 1.82) is 0 Å². The molecule has 1 aliphatic rings. The van der Waals surface area contributed by atoms with Crippen molar-refractivity contribution in [3.8, 4) is 0 Å². The standard InChI is InChI=1S/C18H15ClF3N3O2/c19-14-2-1-12(9-13(14)18(20,21)22)25-16(27)17(5-6-17)15(26)24-10-11-3-7-23-8-4-11/h1-4,7-9H,5-6,10H2,(H,24,26)(H,25,27). The number of anilines is 1. The van der Waals surface area contributed by atoms with E-state index in [2.05, 4.69) is 15.6 Å². The van der Waals surface area contributed by atoms with Crippen LogP contribution >= 0.6 is 11.6 Å². The van der Waals surface area contributed by atoms with E-state index in [-0.39, 0.29) is 12.2 Å². The average molecular weight is 398 g/mol. The van der Waals surface area contributed by atoms with Gasteiger partial charge in [0.15, 0.2) is 0 Å². The molecular formula is C18H15ClF3N3O2. The van der Waals surface area contributed by atoms with Crippen LogP contribution in [-0.4, -0.2) is 16.8 Å². The minimum absolute atomic E-state index is 0.0649. The van der Waals surface area contributed by atoms with Gasteiger partial charge in [-0.2, -0.15) is 13.2 Å². The molecule has 0 bridgehead atoms. The highest BCUT2D eigenvalue weighted by atomic mass is 35.5. The lowest BCUT2D eigenvalue weighted by molar-refractivity contribution is -0.138. The number of halogens is 4. The Kier molecular flexibility index (Phi) is 5.10. The Morgan fingerprint density at radius 1 is 1.11 bits per heavy atom. The van der Waals surface area contributed by atoms with Crippen LogP contribution in [0.25, 0.3) is 0 Å². The molecule has 1 fully saturated rings.